The van der Waals surface area contributed by atoms with Gasteiger partial charge in [0.1, 0.15) is 0 Å². The van der Waals surface area contributed by atoms with E-state index in [9.17, 15) is 4.79 Å². The van der Waals surface area contributed by atoms with Crippen LogP contribution in [-0.4, -0.2) is 37.1 Å². The SMILES string of the molecule is COC(=O)OC[Si](C)(C)CC[Si]C=C(C)C. The van der Waals surface area contributed by atoms with Gasteiger partial charge < -0.3 is 9.47 Å². The second-order valence-corrected chi connectivity index (χ2v) is 11.1. The van der Waals surface area contributed by atoms with Crippen molar-refractivity contribution in [2.75, 3.05) is 13.3 Å². The summed E-state index contributed by atoms with van der Waals surface area (Å²) in [4.78, 5) is 10.8. The fourth-order valence-corrected chi connectivity index (χ4v) is 5.56. The molecule has 0 aliphatic rings. The van der Waals surface area contributed by atoms with E-state index in [2.05, 4.69) is 37.4 Å². The normalized spacial score (nSPS) is 10.8. The van der Waals surface area contributed by atoms with Crippen molar-refractivity contribution in [1.82, 2.24) is 0 Å². The number of methoxy groups -OCH3 is 1. The molecule has 0 atom stereocenters. The third-order valence-electron chi connectivity index (χ3n) is 2.08. The molecule has 0 amide bonds. The average Bonchev–Trinajstić information content (AvgIpc) is 2.21. The predicted molar refractivity (Wildman–Crippen MR) is 70.6 cm³/mol. The van der Waals surface area contributed by atoms with Gasteiger partial charge in [0, 0.05) is 0 Å². The first-order valence-electron chi connectivity index (χ1n) is 5.45. The van der Waals surface area contributed by atoms with Crippen molar-refractivity contribution >= 4 is 23.7 Å². The van der Waals surface area contributed by atoms with Crippen LogP contribution in [0.2, 0.25) is 25.2 Å². The van der Waals surface area contributed by atoms with Gasteiger partial charge in [-0.25, -0.2) is 4.79 Å². The molecule has 0 saturated heterocycles. The van der Waals surface area contributed by atoms with Crippen molar-refractivity contribution in [3.8, 4) is 0 Å². The third kappa shape index (κ3) is 8.73. The Bertz CT molecular complexity index is 246. The van der Waals surface area contributed by atoms with Crippen LogP contribution in [0.15, 0.2) is 11.3 Å². The van der Waals surface area contributed by atoms with E-state index < -0.39 is 14.2 Å². The molecule has 92 valence electrons. The molecule has 0 bridgehead atoms. The van der Waals surface area contributed by atoms with Crippen molar-refractivity contribution in [2.45, 2.75) is 39.0 Å². The van der Waals surface area contributed by atoms with Gasteiger partial charge in [0.2, 0.25) is 0 Å². The zero-order valence-corrected chi connectivity index (χ0v) is 12.9. The Balaban J connectivity index is 3.78. The molecule has 3 nitrogen and oxygen atoms in total. The van der Waals surface area contributed by atoms with Gasteiger partial charge in [-0.05, 0) is 13.8 Å². The van der Waals surface area contributed by atoms with Crippen LogP contribution < -0.4 is 0 Å². The lowest BCUT2D eigenvalue weighted by atomic mass is 10.4. The van der Waals surface area contributed by atoms with Crippen LogP contribution in [0.5, 0.6) is 0 Å². The Labute approximate surface area is 102 Å². The molecule has 0 rings (SSSR count). The van der Waals surface area contributed by atoms with E-state index in [0.29, 0.717) is 6.23 Å². The van der Waals surface area contributed by atoms with E-state index >= 15 is 0 Å². The molecule has 16 heavy (non-hydrogen) atoms. The lowest BCUT2D eigenvalue weighted by Crippen LogP contribution is -2.34. The Morgan fingerprint density at radius 1 is 1.38 bits per heavy atom. The van der Waals surface area contributed by atoms with Crippen LogP contribution in [0.25, 0.3) is 0 Å². The summed E-state index contributed by atoms with van der Waals surface area (Å²) in [6.45, 7) is 8.72. The van der Waals surface area contributed by atoms with E-state index in [4.69, 9.17) is 4.74 Å². The number of ether oxygens (including phenoxy) is 2. The van der Waals surface area contributed by atoms with Crippen LogP contribution in [0, 0.1) is 0 Å². The summed E-state index contributed by atoms with van der Waals surface area (Å²) < 4.78 is 9.48. The first kappa shape index (κ1) is 15.4. The molecule has 2 radical (unpaired) electrons. The number of hydrogen-bond donors (Lipinski definition) is 0. The second-order valence-electron chi connectivity index (χ2n) is 4.83. The minimum atomic E-state index is -1.40. The monoisotopic (exact) mass is 258 g/mol. The van der Waals surface area contributed by atoms with Gasteiger partial charge >= 0.3 is 6.16 Å². The fraction of sp³-hybridized carbons (Fsp3) is 0.727. The standard InChI is InChI=1S/C11H22O3Si2/c1-10(2)8-15-6-7-16(4,5)9-14-11(12)13-3/h8H,6-7,9H2,1-5H3. The molecular weight excluding hydrogens is 236 g/mol. The number of rotatable bonds is 6. The number of carbonyl (C=O) groups excluding carboxylic acids is 1. The molecule has 0 aromatic rings. The maximum atomic E-state index is 10.8. The van der Waals surface area contributed by atoms with E-state index in [1.807, 2.05) is 0 Å². The Morgan fingerprint density at radius 3 is 2.50 bits per heavy atom. The van der Waals surface area contributed by atoms with Crippen LogP contribution in [-0.2, 0) is 9.47 Å². The minimum absolute atomic E-state index is 0.555. The molecular formula is C11H22O3Si2. The number of allylic oxidation sites excluding steroid dienone is 1. The molecule has 0 fully saturated rings. The van der Waals surface area contributed by atoms with Crippen molar-refractivity contribution < 1.29 is 14.3 Å². The van der Waals surface area contributed by atoms with Gasteiger partial charge in [0.15, 0.2) is 0 Å². The molecule has 0 unspecified atom stereocenters. The summed E-state index contributed by atoms with van der Waals surface area (Å²) in [7, 11) is 0.827. The third-order valence-corrected chi connectivity index (χ3v) is 6.43. The molecule has 0 aliphatic heterocycles. The maximum absolute atomic E-state index is 10.8. The van der Waals surface area contributed by atoms with Crippen molar-refractivity contribution in [2.24, 2.45) is 0 Å². The van der Waals surface area contributed by atoms with Crippen molar-refractivity contribution in [3.63, 3.8) is 0 Å². The first-order chi connectivity index (χ1) is 7.37. The van der Waals surface area contributed by atoms with E-state index in [0.717, 1.165) is 9.52 Å². The highest BCUT2D eigenvalue weighted by molar-refractivity contribution is 6.78. The predicted octanol–water partition coefficient (Wildman–Crippen LogP) is 3.06. The highest BCUT2D eigenvalue weighted by atomic mass is 28.3. The van der Waals surface area contributed by atoms with Gasteiger partial charge in [-0.3, -0.25) is 0 Å². The molecule has 0 aromatic heterocycles. The largest absolute Gasteiger partial charge is 0.507 e. The van der Waals surface area contributed by atoms with Gasteiger partial charge in [0.25, 0.3) is 0 Å². The summed E-state index contributed by atoms with van der Waals surface area (Å²) in [5.74, 6) is 0. The van der Waals surface area contributed by atoms with Crippen LogP contribution in [0.3, 0.4) is 0 Å². The summed E-state index contributed by atoms with van der Waals surface area (Å²) in [6.07, 6.45) is -0.00813. The zero-order valence-electron chi connectivity index (χ0n) is 10.9. The highest BCUT2D eigenvalue weighted by Gasteiger charge is 2.22. The first-order valence-corrected chi connectivity index (χ1v) is 10.1. The van der Waals surface area contributed by atoms with Gasteiger partial charge in [-0.15, -0.1) is 5.70 Å². The molecule has 0 spiro atoms. The summed E-state index contributed by atoms with van der Waals surface area (Å²) in [5, 5.41) is 0. The van der Waals surface area contributed by atoms with Gasteiger partial charge in [-0.2, -0.15) is 0 Å². The van der Waals surface area contributed by atoms with Gasteiger partial charge in [0.05, 0.1) is 30.9 Å². The molecule has 0 aromatic carbocycles. The minimum Gasteiger partial charge on any atom is -0.438 e. The smallest absolute Gasteiger partial charge is 0.438 e. The lowest BCUT2D eigenvalue weighted by molar-refractivity contribution is 0.0849. The lowest BCUT2D eigenvalue weighted by Gasteiger charge is -2.20. The maximum Gasteiger partial charge on any atom is 0.507 e. The quantitative estimate of drug-likeness (QED) is 0.417. The Hall–Kier alpha value is -0.556. The second kappa shape index (κ2) is 7.67. The average molecular weight is 258 g/mol. The van der Waals surface area contributed by atoms with Crippen LogP contribution in [0.4, 0.5) is 4.79 Å². The van der Waals surface area contributed by atoms with E-state index in [-0.39, 0.29) is 0 Å². The zero-order chi connectivity index (χ0) is 12.6. The van der Waals surface area contributed by atoms with Crippen LogP contribution >= 0.6 is 0 Å². The van der Waals surface area contributed by atoms with Crippen molar-refractivity contribution in [1.29, 1.82) is 0 Å². The molecule has 0 N–H and O–H groups in total. The summed E-state index contributed by atoms with van der Waals surface area (Å²) in [5.41, 5.74) is 3.66. The molecule has 0 heterocycles. The summed E-state index contributed by atoms with van der Waals surface area (Å²) >= 11 is 0. The molecule has 5 heteroatoms. The van der Waals surface area contributed by atoms with E-state index in [1.165, 1.54) is 24.8 Å². The fourth-order valence-electron chi connectivity index (χ4n) is 1.07. The van der Waals surface area contributed by atoms with E-state index in [1.54, 1.807) is 0 Å². The number of carbonyl (C=O) groups is 1. The summed E-state index contributed by atoms with van der Waals surface area (Å²) in [6, 6.07) is 2.39. The number of hydrogen-bond acceptors (Lipinski definition) is 3. The van der Waals surface area contributed by atoms with Crippen molar-refractivity contribution in [3.05, 3.63) is 11.3 Å². The van der Waals surface area contributed by atoms with Crippen LogP contribution in [0.1, 0.15) is 13.8 Å². The highest BCUT2D eigenvalue weighted by Crippen LogP contribution is 2.13. The Morgan fingerprint density at radius 2 is 2.00 bits per heavy atom. The molecule has 0 saturated carbocycles. The Kier molecular flexibility index (Phi) is 7.41. The van der Waals surface area contributed by atoms with Gasteiger partial charge in [-0.1, -0.05) is 30.8 Å². The topological polar surface area (TPSA) is 35.5 Å². The molecule has 0 aliphatic carbocycles.